The van der Waals surface area contributed by atoms with Crippen LogP contribution < -0.4 is 5.32 Å². The number of aromatic amines is 1. The van der Waals surface area contributed by atoms with Crippen LogP contribution in [0, 0.1) is 6.92 Å². The van der Waals surface area contributed by atoms with Gasteiger partial charge in [-0.15, -0.1) is 0 Å². The molecule has 0 saturated heterocycles. The Hall–Kier alpha value is -2.10. The summed E-state index contributed by atoms with van der Waals surface area (Å²) in [5.41, 5.74) is 2.65. The summed E-state index contributed by atoms with van der Waals surface area (Å²) >= 11 is 0. The smallest absolute Gasteiger partial charge is 0.253 e. The van der Waals surface area contributed by atoms with E-state index in [4.69, 9.17) is 0 Å². The van der Waals surface area contributed by atoms with Crippen molar-refractivity contribution in [2.24, 2.45) is 0 Å². The number of H-pyrrole nitrogens is 1. The maximum Gasteiger partial charge on any atom is 0.253 e. The molecule has 106 valence electrons. The SMILES string of the molecule is CCCC[C@H](NC(=O)c1cc[nH]c1C)c1cccnc1. The van der Waals surface area contributed by atoms with Crippen LogP contribution in [0.4, 0.5) is 0 Å². The Labute approximate surface area is 119 Å². The highest BCUT2D eigenvalue weighted by Crippen LogP contribution is 2.19. The first-order valence-corrected chi connectivity index (χ1v) is 7.07. The van der Waals surface area contributed by atoms with Gasteiger partial charge in [0.2, 0.25) is 0 Å². The van der Waals surface area contributed by atoms with Crippen molar-refractivity contribution in [3.8, 4) is 0 Å². The molecule has 4 heteroatoms. The summed E-state index contributed by atoms with van der Waals surface area (Å²) in [4.78, 5) is 19.5. The zero-order valence-electron chi connectivity index (χ0n) is 12.0. The molecule has 0 unspecified atom stereocenters. The summed E-state index contributed by atoms with van der Waals surface area (Å²) in [5.74, 6) is -0.0336. The number of unbranched alkanes of at least 4 members (excludes halogenated alkanes) is 1. The third-order valence-electron chi connectivity index (χ3n) is 3.44. The van der Waals surface area contributed by atoms with Crippen LogP contribution in [0.15, 0.2) is 36.8 Å². The average Bonchev–Trinajstić information content (AvgIpc) is 2.90. The minimum absolute atomic E-state index is 0.0189. The maximum absolute atomic E-state index is 12.3. The third-order valence-corrected chi connectivity index (χ3v) is 3.44. The Bertz CT molecular complexity index is 548. The molecule has 0 radical (unpaired) electrons. The van der Waals surface area contributed by atoms with Gasteiger partial charge in [-0.3, -0.25) is 9.78 Å². The predicted molar refractivity (Wildman–Crippen MR) is 79.5 cm³/mol. The van der Waals surface area contributed by atoms with E-state index in [1.165, 1.54) is 0 Å². The third kappa shape index (κ3) is 3.47. The molecule has 0 fully saturated rings. The Morgan fingerprint density at radius 3 is 2.90 bits per heavy atom. The second-order valence-corrected chi connectivity index (χ2v) is 4.97. The van der Waals surface area contributed by atoms with Crippen LogP contribution in [0.5, 0.6) is 0 Å². The van der Waals surface area contributed by atoms with Crippen LogP contribution in [0.3, 0.4) is 0 Å². The first-order valence-electron chi connectivity index (χ1n) is 7.07. The molecular formula is C16H21N3O. The number of pyridine rings is 1. The summed E-state index contributed by atoms with van der Waals surface area (Å²) < 4.78 is 0. The van der Waals surface area contributed by atoms with Crippen LogP contribution in [0.1, 0.15) is 53.8 Å². The molecule has 20 heavy (non-hydrogen) atoms. The molecule has 0 saturated carbocycles. The first-order chi connectivity index (χ1) is 9.72. The molecule has 0 bridgehead atoms. The Kier molecular flexibility index (Phi) is 4.93. The number of aryl methyl sites for hydroxylation is 1. The van der Waals surface area contributed by atoms with Crippen LogP contribution in [-0.4, -0.2) is 15.9 Å². The molecule has 0 aliphatic rings. The fraction of sp³-hybridized carbons (Fsp3) is 0.375. The summed E-state index contributed by atoms with van der Waals surface area (Å²) in [6.07, 6.45) is 8.47. The van der Waals surface area contributed by atoms with Gasteiger partial charge in [0.1, 0.15) is 0 Å². The standard InChI is InChI=1S/C16H21N3O/c1-3-4-7-15(13-6-5-9-17-11-13)19-16(20)14-8-10-18-12(14)2/h5-6,8-11,15,18H,3-4,7H2,1-2H3,(H,19,20)/t15-/m0/s1. The largest absolute Gasteiger partial charge is 0.365 e. The summed E-state index contributed by atoms with van der Waals surface area (Å²) in [5, 5.41) is 3.11. The summed E-state index contributed by atoms with van der Waals surface area (Å²) in [7, 11) is 0. The van der Waals surface area contributed by atoms with Crippen molar-refractivity contribution >= 4 is 5.91 Å². The Morgan fingerprint density at radius 2 is 2.30 bits per heavy atom. The van der Waals surface area contributed by atoms with E-state index in [-0.39, 0.29) is 11.9 Å². The van der Waals surface area contributed by atoms with Crippen molar-refractivity contribution in [3.63, 3.8) is 0 Å². The van der Waals surface area contributed by atoms with E-state index < -0.39 is 0 Å². The second-order valence-electron chi connectivity index (χ2n) is 4.97. The van der Waals surface area contributed by atoms with Gasteiger partial charge in [-0.05, 0) is 31.0 Å². The number of nitrogens with zero attached hydrogens (tertiary/aromatic N) is 1. The predicted octanol–water partition coefficient (Wildman–Crippen LogP) is 3.38. The van der Waals surface area contributed by atoms with Gasteiger partial charge in [-0.25, -0.2) is 0 Å². The molecule has 0 aliphatic carbocycles. The molecule has 0 aliphatic heterocycles. The number of amides is 1. The van der Waals surface area contributed by atoms with Crippen molar-refractivity contribution in [2.45, 2.75) is 39.2 Å². The molecule has 2 N–H and O–H groups in total. The van der Waals surface area contributed by atoms with Crippen LogP contribution in [0.25, 0.3) is 0 Å². The number of nitrogens with one attached hydrogen (secondary N) is 2. The average molecular weight is 271 g/mol. The van der Waals surface area contributed by atoms with Gasteiger partial charge < -0.3 is 10.3 Å². The number of carbonyl (C=O) groups excluding carboxylic acids is 1. The van der Waals surface area contributed by atoms with E-state index in [0.717, 1.165) is 30.5 Å². The fourth-order valence-corrected chi connectivity index (χ4v) is 2.25. The van der Waals surface area contributed by atoms with Gasteiger partial charge in [0, 0.05) is 24.3 Å². The van der Waals surface area contributed by atoms with E-state index >= 15 is 0 Å². The molecule has 2 heterocycles. The van der Waals surface area contributed by atoms with Crippen molar-refractivity contribution in [3.05, 3.63) is 53.6 Å². The molecule has 2 aromatic heterocycles. The minimum atomic E-state index is -0.0336. The highest BCUT2D eigenvalue weighted by molar-refractivity contribution is 5.95. The monoisotopic (exact) mass is 271 g/mol. The summed E-state index contributed by atoms with van der Waals surface area (Å²) in [6.45, 7) is 4.05. The van der Waals surface area contributed by atoms with Crippen molar-refractivity contribution in [1.29, 1.82) is 0 Å². The lowest BCUT2D eigenvalue weighted by Gasteiger charge is -2.18. The minimum Gasteiger partial charge on any atom is -0.365 e. The normalized spacial score (nSPS) is 12.1. The topological polar surface area (TPSA) is 57.8 Å². The fourth-order valence-electron chi connectivity index (χ4n) is 2.25. The first kappa shape index (κ1) is 14.3. The summed E-state index contributed by atoms with van der Waals surface area (Å²) in [6, 6.07) is 5.75. The van der Waals surface area contributed by atoms with Gasteiger partial charge in [-0.2, -0.15) is 0 Å². The number of hydrogen-bond acceptors (Lipinski definition) is 2. The lowest BCUT2D eigenvalue weighted by molar-refractivity contribution is 0.0933. The lowest BCUT2D eigenvalue weighted by Crippen LogP contribution is -2.28. The van der Waals surface area contributed by atoms with Gasteiger partial charge in [0.05, 0.1) is 11.6 Å². The van der Waals surface area contributed by atoms with E-state index in [1.807, 2.05) is 31.3 Å². The quantitative estimate of drug-likeness (QED) is 0.846. The van der Waals surface area contributed by atoms with Crippen molar-refractivity contribution in [1.82, 2.24) is 15.3 Å². The molecule has 1 atom stereocenters. The molecular weight excluding hydrogens is 250 g/mol. The second kappa shape index (κ2) is 6.89. The zero-order valence-corrected chi connectivity index (χ0v) is 12.0. The van der Waals surface area contributed by atoms with Crippen molar-refractivity contribution < 1.29 is 4.79 Å². The van der Waals surface area contributed by atoms with Gasteiger partial charge in [0.15, 0.2) is 0 Å². The molecule has 0 aromatic carbocycles. The molecule has 1 amide bonds. The zero-order chi connectivity index (χ0) is 14.4. The Balaban J connectivity index is 2.12. The number of carbonyl (C=O) groups is 1. The van der Waals surface area contributed by atoms with Crippen LogP contribution in [-0.2, 0) is 0 Å². The number of rotatable bonds is 6. The van der Waals surface area contributed by atoms with Crippen molar-refractivity contribution in [2.75, 3.05) is 0 Å². The van der Waals surface area contributed by atoms with Gasteiger partial charge in [-0.1, -0.05) is 25.8 Å². The molecule has 2 aromatic rings. The molecule has 4 nitrogen and oxygen atoms in total. The van der Waals surface area contributed by atoms with Gasteiger partial charge in [0.25, 0.3) is 5.91 Å². The maximum atomic E-state index is 12.3. The van der Waals surface area contributed by atoms with Crippen LogP contribution >= 0.6 is 0 Å². The van der Waals surface area contributed by atoms with E-state index in [2.05, 4.69) is 22.2 Å². The molecule has 0 spiro atoms. The highest BCUT2D eigenvalue weighted by atomic mass is 16.1. The van der Waals surface area contributed by atoms with E-state index in [1.54, 1.807) is 12.4 Å². The molecule has 2 rings (SSSR count). The lowest BCUT2D eigenvalue weighted by atomic mass is 10.0. The van der Waals surface area contributed by atoms with Crippen LogP contribution in [0.2, 0.25) is 0 Å². The highest BCUT2D eigenvalue weighted by Gasteiger charge is 2.17. The van der Waals surface area contributed by atoms with E-state index in [9.17, 15) is 4.79 Å². The Morgan fingerprint density at radius 1 is 1.45 bits per heavy atom. The van der Waals surface area contributed by atoms with E-state index in [0.29, 0.717) is 5.56 Å². The number of aromatic nitrogens is 2. The van der Waals surface area contributed by atoms with Gasteiger partial charge >= 0.3 is 0 Å². The number of hydrogen-bond donors (Lipinski definition) is 2.